The maximum atomic E-state index is 3.44. The molecule has 1 rings (SSSR count). The van der Waals surface area contributed by atoms with Gasteiger partial charge in [0.05, 0.1) is 0 Å². The van der Waals surface area contributed by atoms with E-state index >= 15 is 0 Å². The van der Waals surface area contributed by atoms with Crippen molar-refractivity contribution in [3.63, 3.8) is 0 Å². The van der Waals surface area contributed by atoms with Crippen molar-refractivity contribution in [1.82, 2.24) is 5.32 Å². The van der Waals surface area contributed by atoms with Gasteiger partial charge in [0.25, 0.3) is 0 Å². The molecule has 1 heteroatoms. The summed E-state index contributed by atoms with van der Waals surface area (Å²) in [6, 6.07) is 0. The Labute approximate surface area is 109 Å². The molecule has 1 N–H and O–H groups in total. The normalized spacial score (nSPS) is 30.9. The molecule has 0 unspecified atom stereocenters. The molecule has 0 radical (unpaired) electrons. The number of nitrogens with one attached hydrogen (secondary N) is 1. The van der Waals surface area contributed by atoms with Crippen LogP contribution >= 0.6 is 0 Å². The molecule has 0 bridgehead atoms. The summed E-state index contributed by atoms with van der Waals surface area (Å²) in [7, 11) is 2.11. The number of rotatable bonds is 4. The van der Waals surface area contributed by atoms with Gasteiger partial charge in [-0.2, -0.15) is 0 Å². The summed E-state index contributed by atoms with van der Waals surface area (Å²) in [6.45, 7) is 13.2. The van der Waals surface area contributed by atoms with E-state index in [1.807, 2.05) is 0 Å². The predicted octanol–water partition coefficient (Wildman–Crippen LogP) is 4.47. The highest BCUT2D eigenvalue weighted by molar-refractivity contribution is 4.90. The Hall–Kier alpha value is -0.0400. The molecule has 0 aromatic carbocycles. The maximum absolute atomic E-state index is 3.44. The van der Waals surface area contributed by atoms with Gasteiger partial charge in [0.1, 0.15) is 0 Å². The molecule has 0 aromatic heterocycles. The van der Waals surface area contributed by atoms with E-state index in [0.717, 1.165) is 11.8 Å². The first-order chi connectivity index (χ1) is 7.79. The van der Waals surface area contributed by atoms with Crippen LogP contribution in [0.2, 0.25) is 0 Å². The molecule has 0 saturated heterocycles. The molecule has 1 aliphatic carbocycles. The second-order valence-electron chi connectivity index (χ2n) is 7.77. The lowest BCUT2D eigenvalue weighted by atomic mass is 9.62. The van der Waals surface area contributed by atoms with Crippen molar-refractivity contribution >= 4 is 0 Å². The molecule has 17 heavy (non-hydrogen) atoms. The van der Waals surface area contributed by atoms with Crippen molar-refractivity contribution in [3.8, 4) is 0 Å². The first-order valence-corrected chi connectivity index (χ1v) is 7.44. The van der Waals surface area contributed by atoms with Crippen molar-refractivity contribution in [2.75, 3.05) is 13.6 Å². The topological polar surface area (TPSA) is 12.0 Å². The van der Waals surface area contributed by atoms with Gasteiger partial charge in [0.15, 0.2) is 0 Å². The van der Waals surface area contributed by atoms with Crippen LogP contribution in [0.1, 0.15) is 66.7 Å². The summed E-state index contributed by atoms with van der Waals surface area (Å²) in [4.78, 5) is 0. The van der Waals surface area contributed by atoms with Gasteiger partial charge >= 0.3 is 0 Å². The minimum absolute atomic E-state index is 0.504. The first kappa shape index (κ1) is 15.0. The zero-order valence-electron chi connectivity index (χ0n) is 12.9. The van der Waals surface area contributed by atoms with E-state index in [4.69, 9.17) is 0 Å². The van der Waals surface area contributed by atoms with E-state index in [0.29, 0.717) is 10.8 Å². The lowest BCUT2D eigenvalue weighted by Crippen LogP contribution is -2.39. The Morgan fingerprint density at radius 1 is 1.18 bits per heavy atom. The van der Waals surface area contributed by atoms with E-state index in [1.165, 1.54) is 38.6 Å². The summed E-state index contributed by atoms with van der Waals surface area (Å²) in [6.07, 6.45) is 7.10. The summed E-state index contributed by atoms with van der Waals surface area (Å²) in [5.74, 6) is 1.76. The Balaban J connectivity index is 2.61. The van der Waals surface area contributed by atoms with E-state index in [-0.39, 0.29) is 0 Å². The Kier molecular flexibility index (Phi) is 5.07. The van der Waals surface area contributed by atoms with Gasteiger partial charge in [-0.05, 0) is 61.8 Å². The largest absolute Gasteiger partial charge is 0.319 e. The summed E-state index contributed by atoms with van der Waals surface area (Å²) >= 11 is 0. The molecule has 1 nitrogen and oxygen atoms in total. The first-order valence-electron chi connectivity index (χ1n) is 7.44. The molecule has 0 atom stereocenters. The SMILES string of the molecule is CNCC1(CC(C)C)CCC(C(C)(C)C)CC1. The summed E-state index contributed by atoms with van der Waals surface area (Å²) in [5, 5.41) is 3.44. The van der Waals surface area contributed by atoms with Gasteiger partial charge in [-0.15, -0.1) is 0 Å². The minimum Gasteiger partial charge on any atom is -0.319 e. The molecule has 0 heterocycles. The zero-order valence-corrected chi connectivity index (χ0v) is 12.9. The van der Waals surface area contributed by atoms with Crippen molar-refractivity contribution in [3.05, 3.63) is 0 Å². The molecule has 1 saturated carbocycles. The van der Waals surface area contributed by atoms with E-state index in [2.05, 4.69) is 47.0 Å². The van der Waals surface area contributed by atoms with Crippen LogP contribution in [-0.2, 0) is 0 Å². The molecule has 0 amide bonds. The number of hydrogen-bond acceptors (Lipinski definition) is 1. The monoisotopic (exact) mass is 239 g/mol. The third kappa shape index (κ3) is 4.28. The Morgan fingerprint density at radius 3 is 2.06 bits per heavy atom. The standard InChI is InChI=1S/C16H33N/c1-13(2)11-16(12-17-6)9-7-14(8-10-16)15(3,4)5/h13-14,17H,7-12H2,1-6H3. The van der Waals surface area contributed by atoms with E-state index in [9.17, 15) is 0 Å². The quantitative estimate of drug-likeness (QED) is 0.763. The molecule has 1 aliphatic rings. The van der Waals surface area contributed by atoms with Crippen LogP contribution in [-0.4, -0.2) is 13.6 Å². The third-order valence-electron chi connectivity index (χ3n) is 4.66. The van der Waals surface area contributed by atoms with Crippen molar-refractivity contribution < 1.29 is 0 Å². The molecular formula is C16H33N. The van der Waals surface area contributed by atoms with Crippen LogP contribution in [0.5, 0.6) is 0 Å². The molecule has 0 spiro atoms. The fourth-order valence-corrected chi connectivity index (χ4v) is 3.79. The molecule has 1 fully saturated rings. The Bertz CT molecular complexity index is 216. The minimum atomic E-state index is 0.504. The molecular weight excluding hydrogens is 206 g/mol. The highest BCUT2D eigenvalue weighted by Gasteiger charge is 2.38. The van der Waals surface area contributed by atoms with Crippen molar-refractivity contribution in [2.45, 2.75) is 66.7 Å². The van der Waals surface area contributed by atoms with Crippen LogP contribution in [0.25, 0.3) is 0 Å². The Morgan fingerprint density at radius 2 is 1.71 bits per heavy atom. The van der Waals surface area contributed by atoms with Gasteiger partial charge < -0.3 is 5.32 Å². The number of hydrogen-bond donors (Lipinski definition) is 1. The van der Waals surface area contributed by atoms with Gasteiger partial charge in [-0.25, -0.2) is 0 Å². The van der Waals surface area contributed by atoms with Crippen LogP contribution in [0.15, 0.2) is 0 Å². The third-order valence-corrected chi connectivity index (χ3v) is 4.66. The average molecular weight is 239 g/mol. The van der Waals surface area contributed by atoms with Crippen LogP contribution in [0.4, 0.5) is 0 Å². The van der Waals surface area contributed by atoms with E-state index in [1.54, 1.807) is 0 Å². The van der Waals surface area contributed by atoms with Crippen LogP contribution in [0, 0.1) is 22.7 Å². The lowest BCUT2D eigenvalue weighted by molar-refractivity contribution is 0.0716. The van der Waals surface area contributed by atoms with Gasteiger partial charge in [-0.3, -0.25) is 0 Å². The average Bonchev–Trinajstić information content (AvgIpc) is 2.15. The fourth-order valence-electron chi connectivity index (χ4n) is 3.79. The van der Waals surface area contributed by atoms with E-state index < -0.39 is 0 Å². The molecule has 102 valence electrons. The van der Waals surface area contributed by atoms with Gasteiger partial charge in [-0.1, -0.05) is 34.6 Å². The second-order valence-corrected chi connectivity index (χ2v) is 7.77. The van der Waals surface area contributed by atoms with Crippen LogP contribution < -0.4 is 5.32 Å². The lowest BCUT2D eigenvalue weighted by Gasteiger charge is -2.45. The summed E-state index contributed by atoms with van der Waals surface area (Å²) < 4.78 is 0. The predicted molar refractivity (Wildman–Crippen MR) is 77.2 cm³/mol. The van der Waals surface area contributed by atoms with Crippen molar-refractivity contribution in [1.29, 1.82) is 0 Å². The van der Waals surface area contributed by atoms with Gasteiger partial charge in [0.2, 0.25) is 0 Å². The molecule has 0 aliphatic heterocycles. The highest BCUT2D eigenvalue weighted by Crippen LogP contribution is 2.47. The van der Waals surface area contributed by atoms with Crippen molar-refractivity contribution in [2.24, 2.45) is 22.7 Å². The fraction of sp³-hybridized carbons (Fsp3) is 1.00. The van der Waals surface area contributed by atoms with Crippen LogP contribution in [0.3, 0.4) is 0 Å². The smallest absolute Gasteiger partial charge is 0.000490 e. The van der Waals surface area contributed by atoms with Gasteiger partial charge in [0, 0.05) is 6.54 Å². The highest BCUT2D eigenvalue weighted by atomic mass is 14.8. The second kappa shape index (κ2) is 5.73. The maximum Gasteiger partial charge on any atom is 0.000490 e. The summed E-state index contributed by atoms with van der Waals surface area (Å²) in [5.41, 5.74) is 1.09. The zero-order chi connectivity index (χ0) is 13.1. The molecule has 0 aromatic rings.